The number of nitrogens with zero attached hydrogens (tertiary/aromatic N) is 11. The molecule has 0 unspecified atom stereocenters. The van der Waals surface area contributed by atoms with Gasteiger partial charge in [-0.3, -0.25) is 48.7 Å². The summed E-state index contributed by atoms with van der Waals surface area (Å²) in [6.45, 7) is 90.9. The second-order valence-corrected chi connectivity index (χ2v) is 39.7. The molecule has 10 fully saturated rings. The molecule has 0 aromatic carbocycles. The first-order valence-electron chi connectivity index (χ1n) is 38.4. The van der Waals surface area contributed by atoms with E-state index in [0.717, 1.165) is 63.6 Å². The molecule has 0 atom stereocenters. The average Bonchev–Trinajstić information content (AvgIpc) is 1.04. The zero-order chi connectivity index (χ0) is 74.7. The minimum absolute atomic E-state index is 0.0353. The van der Waals surface area contributed by atoms with Gasteiger partial charge < -0.3 is 19.6 Å². The molecule has 10 saturated heterocycles. The van der Waals surface area contributed by atoms with Crippen LogP contribution in [0.3, 0.4) is 0 Å². The van der Waals surface area contributed by atoms with E-state index < -0.39 is 5.92 Å². The van der Waals surface area contributed by atoms with Crippen LogP contribution in [0, 0.1) is 11.8 Å². The molecule has 0 spiro atoms. The Bertz CT molecular complexity index is 2090. The van der Waals surface area contributed by atoms with Gasteiger partial charge in [0.05, 0.1) is 13.1 Å². The van der Waals surface area contributed by atoms with E-state index in [1.165, 1.54) is 137 Å². The zero-order valence-electron chi connectivity index (χ0n) is 70.0. The van der Waals surface area contributed by atoms with E-state index in [4.69, 9.17) is 0 Å². The van der Waals surface area contributed by atoms with Gasteiger partial charge in [0.1, 0.15) is 0 Å². The van der Waals surface area contributed by atoms with Crippen LogP contribution in [-0.2, 0) is 14.4 Å². The molecular formula is C80H163F2N11O3. The minimum Gasteiger partial charge on any atom is -0.338 e. The summed E-state index contributed by atoms with van der Waals surface area (Å²) in [6.07, 6.45) is 14.1. The normalized spacial score (nSPS) is 22.8. The number of amides is 3. The fourth-order valence-corrected chi connectivity index (χ4v) is 12.8. The molecule has 96 heavy (non-hydrogen) atoms. The average molecular weight is 1370 g/mol. The molecule has 10 aliphatic heterocycles. The van der Waals surface area contributed by atoms with Crippen LogP contribution in [0.25, 0.3) is 0 Å². The van der Waals surface area contributed by atoms with Gasteiger partial charge in [0.2, 0.25) is 17.7 Å². The minimum atomic E-state index is -2.42. The Morgan fingerprint density at radius 3 is 0.708 bits per heavy atom. The molecule has 0 aromatic heterocycles. The lowest BCUT2D eigenvalue weighted by Crippen LogP contribution is -2.62. The first-order valence-corrected chi connectivity index (χ1v) is 38.4. The van der Waals surface area contributed by atoms with Crippen LogP contribution in [0.15, 0.2) is 0 Å². The summed E-state index contributed by atoms with van der Waals surface area (Å²) >= 11 is 0. The van der Waals surface area contributed by atoms with Crippen LogP contribution >= 0.6 is 0 Å². The summed E-state index contributed by atoms with van der Waals surface area (Å²) in [6, 6.07) is 0. The number of carbonyl (C=O) groups excluding carboxylic acids is 3. The Morgan fingerprint density at radius 1 is 0.281 bits per heavy atom. The lowest BCUT2D eigenvalue weighted by Gasteiger charge is -2.47. The summed E-state index contributed by atoms with van der Waals surface area (Å²) in [7, 11) is 2.19. The number of hydrogen-bond donors (Lipinski definition) is 0. The Balaban J connectivity index is 0.000000534. The summed E-state index contributed by atoms with van der Waals surface area (Å²) in [5, 5.41) is 0. The van der Waals surface area contributed by atoms with E-state index in [1.54, 1.807) is 4.90 Å². The third-order valence-electron chi connectivity index (χ3n) is 20.2. The van der Waals surface area contributed by atoms with Crippen molar-refractivity contribution in [2.24, 2.45) is 11.8 Å². The highest BCUT2D eigenvalue weighted by atomic mass is 19.3. The van der Waals surface area contributed by atoms with Gasteiger partial charge in [0.25, 0.3) is 5.92 Å². The van der Waals surface area contributed by atoms with E-state index in [2.05, 4.69) is 242 Å². The van der Waals surface area contributed by atoms with Crippen LogP contribution in [0.5, 0.6) is 0 Å². The van der Waals surface area contributed by atoms with E-state index in [-0.39, 0.29) is 35.2 Å². The van der Waals surface area contributed by atoms with Gasteiger partial charge in [-0.1, -0.05) is 20.3 Å². The Morgan fingerprint density at radius 2 is 0.542 bits per heavy atom. The number of carbonyl (C=O) groups is 3. The Hall–Kier alpha value is -2.05. The fraction of sp³-hybridized carbons (Fsp3) is 0.963. The van der Waals surface area contributed by atoms with Crippen molar-refractivity contribution in [3.8, 4) is 0 Å². The fourth-order valence-electron chi connectivity index (χ4n) is 12.8. The largest absolute Gasteiger partial charge is 0.338 e. The predicted molar refractivity (Wildman–Crippen MR) is 410 cm³/mol. The van der Waals surface area contributed by atoms with E-state index in [1.807, 2.05) is 35.5 Å². The zero-order valence-corrected chi connectivity index (χ0v) is 70.0. The molecule has 10 heterocycles. The highest BCUT2D eigenvalue weighted by molar-refractivity contribution is 5.82. The molecular weight excluding hydrogens is 1200 g/mol. The quantitative estimate of drug-likeness (QED) is 0.172. The van der Waals surface area contributed by atoms with Crippen molar-refractivity contribution >= 4 is 17.7 Å². The SMILES string of the molecule is CC(C)(C)N1CC(F)(F)C1.CC(C)(C)N1CC1.CC(C)(C)N1CCC1=O.CC(C)(C)N1CCCC1.CC(C)(C)N1CCCC1=O.CC(C)(C)N1CCCC1=O.CC(C)(C)N1CCCCC1.CC1CCN(C(C)(C)C)CC1.CC1CN(C(C)(C)C)C1.CN1CCN(C(C)(C)C)CC1. The smallest absolute Gasteiger partial charge is 0.272 e. The molecule has 0 radical (unpaired) electrons. The van der Waals surface area contributed by atoms with Crippen molar-refractivity contribution in [3.05, 3.63) is 0 Å². The molecule has 16 heteroatoms. The number of hydrogen-bond acceptors (Lipinski definition) is 11. The second kappa shape index (κ2) is 38.5. The van der Waals surface area contributed by atoms with Crippen molar-refractivity contribution in [2.45, 2.75) is 360 Å². The third-order valence-corrected chi connectivity index (χ3v) is 20.2. The number of β-lactam (4-membered cyclic amide) rings is 1. The summed E-state index contributed by atoms with van der Waals surface area (Å²) in [5.41, 5.74) is 2.45. The monoisotopic (exact) mass is 1360 g/mol. The predicted octanol–water partition coefficient (Wildman–Crippen LogP) is 16.1. The molecule has 0 aliphatic carbocycles. The van der Waals surface area contributed by atoms with Crippen molar-refractivity contribution in [1.29, 1.82) is 0 Å². The van der Waals surface area contributed by atoms with Gasteiger partial charge in [-0.15, -0.1) is 0 Å². The van der Waals surface area contributed by atoms with Gasteiger partial charge >= 0.3 is 0 Å². The molecule has 0 aromatic rings. The van der Waals surface area contributed by atoms with E-state index >= 15 is 0 Å². The highest BCUT2D eigenvalue weighted by Crippen LogP contribution is 2.33. The molecule has 0 saturated carbocycles. The van der Waals surface area contributed by atoms with Gasteiger partial charge in [-0.05, 0) is 317 Å². The third kappa shape index (κ3) is 37.2. The number of likely N-dealkylation sites (tertiary alicyclic amines) is 8. The second-order valence-electron chi connectivity index (χ2n) is 39.7. The first kappa shape index (κ1) is 92.0. The molecule has 10 rings (SSSR count). The maximum atomic E-state index is 12.3. The van der Waals surface area contributed by atoms with Crippen LogP contribution in [0.4, 0.5) is 8.78 Å². The van der Waals surface area contributed by atoms with Gasteiger partial charge in [-0.2, -0.15) is 0 Å². The number of alkyl halides is 2. The molecule has 570 valence electrons. The van der Waals surface area contributed by atoms with Crippen molar-refractivity contribution in [1.82, 2.24) is 53.9 Å². The Labute approximate surface area is 595 Å². The van der Waals surface area contributed by atoms with Crippen LogP contribution in [0.1, 0.15) is 299 Å². The van der Waals surface area contributed by atoms with Gasteiger partial charge in [0, 0.05) is 147 Å². The summed E-state index contributed by atoms with van der Waals surface area (Å²) in [4.78, 5) is 58.3. The van der Waals surface area contributed by atoms with Crippen molar-refractivity contribution < 1.29 is 23.2 Å². The summed E-state index contributed by atoms with van der Waals surface area (Å²) < 4.78 is 24.6. The summed E-state index contributed by atoms with van der Waals surface area (Å²) in [5.74, 6) is 0.383. The number of likely N-dealkylation sites (N-methyl/N-ethyl adjacent to an activating group) is 1. The number of piperazine rings is 1. The Kier molecular flexibility index (Phi) is 36.8. The van der Waals surface area contributed by atoms with Crippen LogP contribution < -0.4 is 0 Å². The lowest BCUT2D eigenvalue weighted by molar-refractivity contribution is -0.160. The number of piperidine rings is 2. The molecule has 0 N–H and O–H groups in total. The van der Waals surface area contributed by atoms with Crippen LogP contribution in [-0.4, -0.2) is 264 Å². The lowest BCUT2D eigenvalue weighted by atomic mass is 9.94. The molecule has 14 nitrogen and oxygen atoms in total. The molecule has 10 aliphatic rings. The maximum absolute atomic E-state index is 12.3. The van der Waals surface area contributed by atoms with Crippen LogP contribution in [0.2, 0.25) is 0 Å². The van der Waals surface area contributed by atoms with Gasteiger partial charge in [-0.25, -0.2) is 8.78 Å². The standard InChI is InChI=1S/C10H21N.C9H20N2.C9H19N.2C8H15NO.2C8H17N.C7H13F2N.C7H13NO.C6H13N/c1-9-5-7-11(8-6-9)10(2,3)4;1-9(2,3)11-7-5-10(4)6-8-11;1-9(2,3)10-7-5-4-6-8-10;2*1-8(2,3)9-6-4-5-7(9)10;1-7-5-9(6-7)8(2,3)4;1-8(2,3)9-6-4-5-7-9;1-6(2,3)10-4-7(8,9)5-10;1-7(2,3)8-5-4-6(8)9;1-6(2,3)7-4-5-7/h9H,5-8H2,1-4H3;5-8H2,1-4H3;4-8H2,1-3H3;2*4-6H2,1-3H3;7H,5-6H2,1-4H3;4-7H2,1-3H3;4-5H2,1-3H3;4-5H2,1-3H3;4-5H2,1-3H3. The van der Waals surface area contributed by atoms with E-state index in [9.17, 15) is 23.2 Å². The van der Waals surface area contributed by atoms with Crippen molar-refractivity contribution in [2.75, 3.05) is 131 Å². The van der Waals surface area contributed by atoms with Crippen molar-refractivity contribution in [3.63, 3.8) is 0 Å². The first-order chi connectivity index (χ1) is 43.2. The maximum Gasteiger partial charge on any atom is 0.272 e. The number of halogens is 2. The molecule has 3 amide bonds. The number of rotatable bonds is 0. The van der Waals surface area contributed by atoms with Gasteiger partial charge in [0.15, 0.2) is 0 Å². The topological polar surface area (TPSA) is 86.6 Å². The highest BCUT2D eigenvalue weighted by Gasteiger charge is 2.48. The van der Waals surface area contributed by atoms with E-state index in [0.29, 0.717) is 51.0 Å². The molecule has 0 bridgehead atoms.